The number of nitrogens with one attached hydrogen (secondary N) is 1. The standard InChI is InChI=1S/C14H27NO2S/c1-5-11-18-12-9-7-6-8-10-15-13(16)17-14(2,3)4/h5H,1,6-12H2,2-4H3,(H,15,16). The number of thioether (sulfide) groups is 1. The summed E-state index contributed by atoms with van der Waals surface area (Å²) in [6.45, 7) is 10.00. The number of hydrogen-bond donors (Lipinski definition) is 1. The third kappa shape index (κ3) is 13.4. The lowest BCUT2D eigenvalue weighted by atomic mass is 10.2. The first-order valence-corrected chi connectivity index (χ1v) is 7.76. The molecule has 3 nitrogen and oxygen atoms in total. The quantitative estimate of drug-likeness (QED) is 0.510. The molecular weight excluding hydrogens is 246 g/mol. The van der Waals surface area contributed by atoms with Crippen LogP contribution in [0.1, 0.15) is 46.5 Å². The minimum absolute atomic E-state index is 0.316. The summed E-state index contributed by atoms with van der Waals surface area (Å²) in [6.07, 6.45) is 6.26. The Kier molecular flexibility index (Phi) is 9.93. The second-order valence-electron chi connectivity index (χ2n) is 5.21. The summed E-state index contributed by atoms with van der Waals surface area (Å²) in [7, 11) is 0. The highest BCUT2D eigenvalue weighted by Crippen LogP contribution is 2.08. The Morgan fingerprint density at radius 2 is 1.94 bits per heavy atom. The van der Waals surface area contributed by atoms with Crippen LogP contribution >= 0.6 is 11.8 Å². The van der Waals surface area contributed by atoms with Gasteiger partial charge in [-0.25, -0.2) is 4.79 Å². The van der Waals surface area contributed by atoms with Crippen molar-refractivity contribution in [3.63, 3.8) is 0 Å². The zero-order valence-electron chi connectivity index (χ0n) is 12.0. The summed E-state index contributed by atoms with van der Waals surface area (Å²) in [6, 6.07) is 0. The molecule has 0 heterocycles. The van der Waals surface area contributed by atoms with E-state index in [9.17, 15) is 4.79 Å². The van der Waals surface area contributed by atoms with E-state index in [0.717, 1.165) is 18.6 Å². The topological polar surface area (TPSA) is 38.3 Å². The SMILES string of the molecule is C=CCSCCCCCCNC(=O)OC(C)(C)C. The molecule has 0 unspecified atom stereocenters. The molecule has 1 N–H and O–H groups in total. The van der Waals surface area contributed by atoms with Crippen LogP contribution in [-0.2, 0) is 4.74 Å². The fourth-order valence-electron chi connectivity index (χ4n) is 1.35. The molecular formula is C14H27NO2S. The lowest BCUT2D eigenvalue weighted by Gasteiger charge is -2.19. The average Bonchev–Trinajstić information content (AvgIpc) is 2.24. The highest BCUT2D eigenvalue weighted by atomic mass is 32.2. The first kappa shape index (κ1) is 17.4. The van der Waals surface area contributed by atoms with E-state index in [1.165, 1.54) is 18.6 Å². The molecule has 0 saturated carbocycles. The van der Waals surface area contributed by atoms with E-state index in [-0.39, 0.29) is 6.09 Å². The Balaban J connectivity index is 3.25. The van der Waals surface area contributed by atoms with Crippen LogP contribution in [-0.4, -0.2) is 29.7 Å². The van der Waals surface area contributed by atoms with Gasteiger partial charge in [0.05, 0.1) is 0 Å². The first-order chi connectivity index (χ1) is 8.45. The van der Waals surface area contributed by atoms with E-state index in [4.69, 9.17) is 4.74 Å². The Labute approximate surface area is 116 Å². The van der Waals surface area contributed by atoms with Gasteiger partial charge in [-0.2, -0.15) is 11.8 Å². The van der Waals surface area contributed by atoms with E-state index in [0.29, 0.717) is 6.54 Å². The molecule has 18 heavy (non-hydrogen) atoms. The predicted molar refractivity (Wildman–Crippen MR) is 80.2 cm³/mol. The molecule has 0 aliphatic carbocycles. The lowest BCUT2D eigenvalue weighted by molar-refractivity contribution is 0.0527. The number of amides is 1. The maximum atomic E-state index is 11.3. The first-order valence-electron chi connectivity index (χ1n) is 6.61. The van der Waals surface area contributed by atoms with Gasteiger partial charge >= 0.3 is 6.09 Å². The van der Waals surface area contributed by atoms with Crippen LogP contribution in [0.25, 0.3) is 0 Å². The number of hydrogen-bond acceptors (Lipinski definition) is 3. The molecule has 0 fully saturated rings. The molecule has 4 heteroatoms. The number of unbranched alkanes of at least 4 members (excludes halogenated alkanes) is 3. The van der Waals surface area contributed by atoms with Gasteiger partial charge in [0.2, 0.25) is 0 Å². The molecule has 0 spiro atoms. The highest BCUT2D eigenvalue weighted by molar-refractivity contribution is 7.99. The molecule has 0 aromatic carbocycles. The van der Waals surface area contributed by atoms with Crippen molar-refractivity contribution >= 4 is 17.9 Å². The second-order valence-corrected chi connectivity index (χ2v) is 6.36. The van der Waals surface area contributed by atoms with Crippen molar-refractivity contribution in [2.45, 2.75) is 52.1 Å². The Morgan fingerprint density at radius 1 is 1.28 bits per heavy atom. The van der Waals surface area contributed by atoms with Crippen LogP contribution in [0.15, 0.2) is 12.7 Å². The number of carbonyl (C=O) groups is 1. The number of rotatable bonds is 9. The van der Waals surface area contributed by atoms with Crippen molar-refractivity contribution < 1.29 is 9.53 Å². The second kappa shape index (κ2) is 10.3. The fourth-order valence-corrected chi connectivity index (χ4v) is 2.10. The summed E-state index contributed by atoms with van der Waals surface area (Å²) in [4.78, 5) is 11.3. The van der Waals surface area contributed by atoms with Crippen LogP contribution in [0.5, 0.6) is 0 Å². The Morgan fingerprint density at radius 3 is 2.56 bits per heavy atom. The molecule has 0 aromatic heterocycles. The molecule has 0 aliphatic rings. The van der Waals surface area contributed by atoms with Gasteiger partial charge in [0.25, 0.3) is 0 Å². The highest BCUT2D eigenvalue weighted by Gasteiger charge is 2.15. The Hall–Kier alpha value is -0.640. The molecule has 0 bridgehead atoms. The number of alkyl carbamates (subject to hydrolysis) is 1. The van der Waals surface area contributed by atoms with Gasteiger partial charge in [-0.3, -0.25) is 0 Å². The Bertz CT molecular complexity index is 236. The van der Waals surface area contributed by atoms with E-state index in [1.807, 2.05) is 38.6 Å². The van der Waals surface area contributed by atoms with E-state index in [2.05, 4.69) is 11.9 Å². The van der Waals surface area contributed by atoms with Crippen molar-refractivity contribution in [1.82, 2.24) is 5.32 Å². The predicted octanol–water partition coefficient (Wildman–Crippen LogP) is 3.99. The normalized spacial score (nSPS) is 11.1. The number of carbonyl (C=O) groups excluding carboxylic acids is 1. The van der Waals surface area contributed by atoms with Crippen LogP contribution in [0, 0.1) is 0 Å². The molecule has 106 valence electrons. The maximum absolute atomic E-state index is 11.3. The molecule has 0 aliphatic heterocycles. The third-order valence-electron chi connectivity index (χ3n) is 2.12. The maximum Gasteiger partial charge on any atom is 0.407 e. The largest absolute Gasteiger partial charge is 0.444 e. The smallest absolute Gasteiger partial charge is 0.407 e. The summed E-state index contributed by atoms with van der Waals surface area (Å²) >= 11 is 1.92. The summed E-state index contributed by atoms with van der Waals surface area (Å²) < 4.78 is 5.15. The molecule has 0 aromatic rings. The molecule has 0 saturated heterocycles. The fraction of sp³-hybridized carbons (Fsp3) is 0.786. The zero-order chi connectivity index (χ0) is 13.9. The van der Waals surface area contributed by atoms with Crippen LogP contribution < -0.4 is 5.32 Å². The van der Waals surface area contributed by atoms with Gasteiger partial charge in [-0.1, -0.05) is 18.9 Å². The van der Waals surface area contributed by atoms with Gasteiger partial charge in [0, 0.05) is 12.3 Å². The zero-order valence-corrected chi connectivity index (χ0v) is 12.8. The van der Waals surface area contributed by atoms with Crippen molar-refractivity contribution in [1.29, 1.82) is 0 Å². The van der Waals surface area contributed by atoms with Crippen molar-refractivity contribution in [3.8, 4) is 0 Å². The van der Waals surface area contributed by atoms with E-state index in [1.54, 1.807) is 0 Å². The summed E-state index contributed by atoms with van der Waals surface area (Å²) in [5, 5.41) is 2.77. The molecule has 0 radical (unpaired) electrons. The van der Waals surface area contributed by atoms with Gasteiger partial charge < -0.3 is 10.1 Å². The van der Waals surface area contributed by atoms with E-state index < -0.39 is 5.60 Å². The van der Waals surface area contributed by atoms with Gasteiger partial charge in [0.15, 0.2) is 0 Å². The minimum Gasteiger partial charge on any atom is -0.444 e. The van der Waals surface area contributed by atoms with E-state index >= 15 is 0 Å². The molecule has 0 rings (SSSR count). The number of ether oxygens (including phenoxy) is 1. The molecule has 1 amide bonds. The third-order valence-corrected chi connectivity index (χ3v) is 3.17. The van der Waals surface area contributed by atoms with Crippen LogP contribution in [0.4, 0.5) is 4.79 Å². The van der Waals surface area contributed by atoms with Gasteiger partial charge in [-0.05, 0) is 39.4 Å². The van der Waals surface area contributed by atoms with Crippen molar-refractivity contribution in [2.24, 2.45) is 0 Å². The molecule has 0 atom stereocenters. The summed E-state index contributed by atoms with van der Waals surface area (Å²) in [5.41, 5.74) is -0.410. The van der Waals surface area contributed by atoms with Crippen LogP contribution in [0.3, 0.4) is 0 Å². The van der Waals surface area contributed by atoms with Crippen molar-refractivity contribution in [3.05, 3.63) is 12.7 Å². The van der Waals surface area contributed by atoms with Gasteiger partial charge in [-0.15, -0.1) is 6.58 Å². The minimum atomic E-state index is -0.410. The monoisotopic (exact) mass is 273 g/mol. The summed E-state index contributed by atoms with van der Waals surface area (Å²) in [5.74, 6) is 2.24. The van der Waals surface area contributed by atoms with Crippen LogP contribution in [0.2, 0.25) is 0 Å². The van der Waals surface area contributed by atoms with Crippen molar-refractivity contribution in [2.75, 3.05) is 18.1 Å². The average molecular weight is 273 g/mol. The lowest BCUT2D eigenvalue weighted by Crippen LogP contribution is -2.32. The van der Waals surface area contributed by atoms with Gasteiger partial charge in [0.1, 0.15) is 5.60 Å².